The number of hydrogen-bond donors (Lipinski definition) is 1. The number of halogens is 3. The Hall–Kier alpha value is -1.10. The van der Waals surface area contributed by atoms with Gasteiger partial charge < -0.3 is 9.72 Å². The summed E-state index contributed by atoms with van der Waals surface area (Å²) in [4.78, 5) is 12.7. The van der Waals surface area contributed by atoms with Crippen molar-refractivity contribution in [1.29, 1.82) is 0 Å². The molecular formula is C7H6ClF2NO2. The van der Waals surface area contributed by atoms with Gasteiger partial charge in [0.05, 0.1) is 7.11 Å². The summed E-state index contributed by atoms with van der Waals surface area (Å²) in [6.07, 6.45) is -2.82. The van der Waals surface area contributed by atoms with Crippen molar-refractivity contribution in [2.45, 2.75) is 6.43 Å². The molecule has 0 saturated carbocycles. The van der Waals surface area contributed by atoms with E-state index in [4.69, 9.17) is 11.6 Å². The molecular weight excluding hydrogens is 204 g/mol. The predicted molar refractivity (Wildman–Crippen MR) is 43.6 cm³/mol. The van der Waals surface area contributed by atoms with Gasteiger partial charge in [0.2, 0.25) is 0 Å². The van der Waals surface area contributed by atoms with E-state index in [-0.39, 0.29) is 10.8 Å². The Morgan fingerprint density at radius 1 is 1.62 bits per heavy atom. The van der Waals surface area contributed by atoms with E-state index >= 15 is 0 Å². The fourth-order valence-electron chi connectivity index (χ4n) is 0.838. The van der Waals surface area contributed by atoms with Crippen LogP contribution in [-0.2, 0) is 0 Å². The third-order valence-corrected chi connectivity index (χ3v) is 1.80. The molecule has 0 bridgehead atoms. The SMILES string of the molecule is COc1cc(=O)[nH]c(C(F)F)c1Cl. The Bertz CT molecular complexity index is 364. The molecule has 0 saturated heterocycles. The molecule has 0 amide bonds. The van der Waals surface area contributed by atoms with E-state index in [0.29, 0.717) is 0 Å². The molecule has 3 nitrogen and oxygen atoms in total. The summed E-state index contributed by atoms with van der Waals surface area (Å²) in [7, 11) is 1.25. The number of nitrogens with one attached hydrogen (secondary N) is 1. The molecule has 0 aromatic carbocycles. The Kier molecular flexibility index (Phi) is 2.87. The lowest BCUT2D eigenvalue weighted by molar-refractivity contribution is 0.145. The van der Waals surface area contributed by atoms with Crippen LogP contribution < -0.4 is 10.3 Å². The van der Waals surface area contributed by atoms with Crippen LogP contribution in [0.1, 0.15) is 12.1 Å². The first-order valence-electron chi connectivity index (χ1n) is 3.31. The molecule has 0 aliphatic rings. The second-order valence-electron chi connectivity index (χ2n) is 2.23. The Morgan fingerprint density at radius 2 is 2.23 bits per heavy atom. The normalized spacial score (nSPS) is 10.5. The minimum absolute atomic E-state index is 0.0549. The van der Waals surface area contributed by atoms with Gasteiger partial charge in [-0.2, -0.15) is 0 Å². The monoisotopic (exact) mass is 209 g/mol. The lowest BCUT2D eigenvalue weighted by Crippen LogP contribution is -2.09. The number of methoxy groups -OCH3 is 1. The van der Waals surface area contributed by atoms with E-state index in [9.17, 15) is 13.6 Å². The minimum Gasteiger partial charge on any atom is -0.495 e. The summed E-state index contributed by atoms with van der Waals surface area (Å²) in [6, 6.07) is 1.01. The average molecular weight is 210 g/mol. The van der Waals surface area contributed by atoms with Crippen LogP contribution in [0, 0.1) is 0 Å². The molecule has 6 heteroatoms. The van der Waals surface area contributed by atoms with Crippen LogP contribution in [0.5, 0.6) is 5.75 Å². The number of aromatic nitrogens is 1. The third-order valence-electron chi connectivity index (χ3n) is 1.41. The van der Waals surface area contributed by atoms with Gasteiger partial charge in [0, 0.05) is 6.07 Å². The summed E-state index contributed by atoms with van der Waals surface area (Å²) in [5.41, 5.74) is -1.29. The van der Waals surface area contributed by atoms with Crippen LogP contribution in [0.25, 0.3) is 0 Å². The van der Waals surface area contributed by atoms with Crippen molar-refractivity contribution >= 4 is 11.6 Å². The highest BCUT2D eigenvalue weighted by molar-refractivity contribution is 6.32. The third kappa shape index (κ3) is 1.98. The molecule has 0 aliphatic heterocycles. The first-order chi connectivity index (χ1) is 6.06. The molecule has 1 heterocycles. The van der Waals surface area contributed by atoms with Crippen molar-refractivity contribution in [1.82, 2.24) is 4.98 Å². The van der Waals surface area contributed by atoms with Crippen LogP contribution in [0.2, 0.25) is 5.02 Å². The number of ether oxygens (including phenoxy) is 1. The predicted octanol–water partition coefficient (Wildman–Crippen LogP) is 1.97. The summed E-state index contributed by atoms with van der Waals surface area (Å²) in [5, 5.41) is -0.267. The zero-order valence-electron chi connectivity index (χ0n) is 6.61. The molecule has 0 unspecified atom stereocenters. The minimum atomic E-state index is -2.82. The van der Waals surface area contributed by atoms with Gasteiger partial charge in [-0.25, -0.2) is 8.78 Å². The van der Waals surface area contributed by atoms with Crippen molar-refractivity contribution in [2.24, 2.45) is 0 Å². The van der Waals surface area contributed by atoms with Crippen LogP contribution in [-0.4, -0.2) is 12.1 Å². The van der Waals surface area contributed by atoms with E-state index in [2.05, 4.69) is 4.74 Å². The van der Waals surface area contributed by atoms with Gasteiger partial charge in [-0.15, -0.1) is 0 Å². The highest BCUT2D eigenvalue weighted by atomic mass is 35.5. The first-order valence-corrected chi connectivity index (χ1v) is 3.69. The van der Waals surface area contributed by atoms with Gasteiger partial charge >= 0.3 is 0 Å². The molecule has 13 heavy (non-hydrogen) atoms. The molecule has 1 rings (SSSR count). The number of hydrogen-bond acceptors (Lipinski definition) is 2. The van der Waals surface area contributed by atoms with Crippen LogP contribution in [0.3, 0.4) is 0 Å². The molecule has 1 aromatic heterocycles. The van der Waals surface area contributed by atoms with Gasteiger partial charge in [-0.05, 0) is 0 Å². The van der Waals surface area contributed by atoms with E-state index in [1.54, 1.807) is 0 Å². The van der Waals surface area contributed by atoms with Crippen molar-refractivity contribution in [3.8, 4) is 5.75 Å². The second-order valence-corrected chi connectivity index (χ2v) is 2.61. The molecule has 0 fully saturated rings. The average Bonchev–Trinajstić information content (AvgIpc) is 2.08. The Labute approximate surface area is 77.3 Å². The lowest BCUT2D eigenvalue weighted by atomic mass is 10.3. The van der Waals surface area contributed by atoms with Crippen LogP contribution in [0.15, 0.2) is 10.9 Å². The quantitative estimate of drug-likeness (QED) is 0.809. The van der Waals surface area contributed by atoms with E-state index in [1.165, 1.54) is 7.11 Å². The summed E-state index contributed by atoms with van der Waals surface area (Å²) in [5.74, 6) is -0.0549. The number of aromatic amines is 1. The van der Waals surface area contributed by atoms with Gasteiger partial charge in [0.15, 0.2) is 0 Å². The maximum Gasteiger partial charge on any atom is 0.279 e. The Balaban J connectivity index is 3.36. The van der Waals surface area contributed by atoms with Gasteiger partial charge in [0.1, 0.15) is 16.5 Å². The maximum absolute atomic E-state index is 12.2. The number of H-pyrrole nitrogens is 1. The van der Waals surface area contributed by atoms with Gasteiger partial charge in [-0.3, -0.25) is 4.79 Å². The van der Waals surface area contributed by atoms with Gasteiger partial charge in [-0.1, -0.05) is 11.6 Å². The van der Waals surface area contributed by atoms with Crippen molar-refractivity contribution < 1.29 is 13.5 Å². The fourth-order valence-corrected chi connectivity index (χ4v) is 1.10. The number of alkyl halides is 2. The molecule has 0 aliphatic carbocycles. The summed E-state index contributed by atoms with van der Waals surface area (Å²) < 4.78 is 29.1. The topological polar surface area (TPSA) is 42.1 Å². The van der Waals surface area contributed by atoms with Crippen molar-refractivity contribution in [2.75, 3.05) is 7.11 Å². The second kappa shape index (κ2) is 3.74. The fraction of sp³-hybridized carbons (Fsp3) is 0.286. The maximum atomic E-state index is 12.2. The molecule has 1 aromatic rings. The molecule has 1 N–H and O–H groups in total. The molecule has 72 valence electrons. The molecule has 0 radical (unpaired) electrons. The van der Waals surface area contributed by atoms with E-state index in [1.807, 2.05) is 4.98 Å². The summed E-state index contributed by atoms with van der Waals surface area (Å²) >= 11 is 5.50. The Morgan fingerprint density at radius 3 is 2.69 bits per heavy atom. The lowest BCUT2D eigenvalue weighted by Gasteiger charge is -2.06. The number of pyridine rings is 1. The van der Waals surface area contributed by atoms with Crippen molar-refractivity contribution in [3.63, 3.8) is 0 Å². The van der Waals surface area contributed by atoms with Crippen molar-refractivity contribution in [3.05, 3.63) is 27.1 Å². The largest absolute Gasteiger partial charge is 0.495 e. The van der Waals surface area contributed by atoms with E-state index < -0.39 is 17.7 Å². The number of rotatable bonds is 2. The zero-order valence-corrected chi connectivity index (χ0v) is 7.36. The highest BCUT2D eigenvalue weighted by Gasteiger charge is 2.16. The standard InChI is InChI=1S/C7H6ClF2NO2/c1-13-3-2-4(12)11-6(5(3)8)7(9)10/h2,7H,1H3,(H,11,12). The highest BCUT2D eigenvalue weighted by Crippen LogP contribution is 2.30. The summed E-state index contributed by atoms with van der Waals surface area (Å²) in [6.45, 7) is 0. The first kappa shape index (κ1) is 9.98. The van der Waals surface area contributed by atoms with Crippen LogP contribution in [0.4, 0.5) is 8.78 Å². The zero-order chi connectivity index (χ0) is 10.0. The molecule has 0 atom stereocenters. The van der Waals surface area contributed by atoms with E-state index in [0.717, 1.165) is 6.07 Å². The molecule has 0 spiro atoms. The van der Waals surface area contributed by atoms with Gasteiger partial charge in [0.25, 0.3) is 12.0 Å². The smallest absolute Gasteiger partial charge is 0.279 e. The van der Waals surface area contributed by atoms with Crippen LogP contribution >= 0.6 is 11.6 Å².